The minimum Gasteiger partial charge on any atom is -0.481 e. The highest BCUT2D eigenvalue weighted by molar-refractivity contribution is 5.79. The zero-order valence-electron chi connectivity index (χ0n) is 6.86. The van der Waals surface area contributed by atoms with Crippen LogP contribution in [0.1, 0.15) is 13.3 Å². The minimum atomic E-state index is -0.750. The van der Waals surface area contributed by atoms with Gasteiger partial charge in [-0.25, -0.2) is 0 Å². The van der Waals surface area contributed by atoms with Gasteiger partial charge in [-0.3, -0.25) is 9.59 Å². The van der Waals surface area contributed by atoms with Crippen LogP contribution in [0.2, 0.25) is 0 Å². The second kappa shape index (κ2) is 2.21. The van der Waals surface area contributed by atoms with Crippen molar-refractivity contribution in [1.29, 1.82) is 0 Å². The molecule has 3 aliphatic rings. The van der Waals surface area contributed by atoms with Crippen molar-refractivity contribution in [2.45, 2.75) is 19.4 Å². The van der Waals surface area contributed by atoms with Gasteiger partial charge in [0.1, 0.15) is 0 Å². The van der Waals surface area contributed by atoms with Gasteiger partial charge in [0.2, 0.25) is 5.91 Å². The van der Waals surface area contributed by atoms with Gasteiger partial charge in [0.05, 0.1) is 5.92 Å². The molecule has 3 atom stereocenters. The van der Waals surface area contributed by atoms with Gasteiger partial charge < -0.3 is 10.0 Å². The molecule has 0 aromatic rings. The number of nitrogens with zero attached hydrogens (tertiary/aromatic N) is 1. The zero-order valence-corrected chi connectivity index (χ0v) is 6.86. The largest absolute Gasteiger partial charge is 0.481 e. The fourth-order valence-corrected chi connectivity index (χ4v) is 2.35. The molecule has 12 heavy (non-hydrogen) atoms. The SMILES string of the molecule is CC(=O)N1C[C@@H]2C[C@H]1[C@@H]2C(=O)O. The lowest BCUT2D eigenvalue weighted by Crippen LogP contribution is -2.44. The smallest absolute Gasteiger partial charge is 0.308 e. The lowest BCUT2D eigenvalue weighted by molar-refractivity contribution is -0.148. The number of carboxylic acids is 1. The van der Waals surface area contributed by atoms with E-state index in [1.807, 2.05) is 0 Å². The van der Waals surface area contributed by atoms with E-state index in [1.165, 1.54) is 6.92 Å². The molecule has 0 aromatic heterocycles. The molecular weight excluding hydrogens is 158 g/mol. The minimum absolute atomic E-state index is 0.00579. The first-order valence-corrected chi connectivity index (χ1v) is 4.11. The van der Waals surface area contributed by atoms with Crippen LogP contribution in [0.15, 0.2) is 0 Å². The lowest BCUT2D eigenvalue weighted by atomic mass is 9.74. The second-order valence-electron chi connectivity index (χ2n) is 3.60. The predicted octanol–water partition coefficient (Wildman–Crippen LogP) is -0.0622. The van der Waals surface area contributed by atoms with E-state index in [-0.39, 0.29) is 23.8 Å². The number of carboxylic acid groups (broad SMARTS) is 1. The first-order chi connectivity index (χ1) is 5.61. The van der Waals surface area contributed by atoms with E-state index < -0.39 is 5.97 Å². The van der Waals surface area contributed by atoms with Crippen LogP contribution in [0.3, 0.4) is 0 Å². The highest BCUT2D eigenvalue weighted by atomic mass is 16.4. The number of amides is 1. The van der Waals surface area contributed by atoms with Crippen LogP contribution >= 0.6 is 0 Å². The Balaban J connectivity index is 2.11. The van der Waals surface area contributed by atoms with E-state index in [0.717, 1.165) is 6.42 Å². The van der Waals surface area contributed by atoms with E-state index in [1.54, 1.807) is 4.90 Å². The Kier molecular flexibility index (Phi) is 1.40. The molecule has 0 aromatic carbocycles. The molecule has 2 saturated heterocycles. The number of hydrogen-bond donors (Lipinski definition) is 1. The molecule has 3 fully saturated rings. The average Bonchev–Trinajstić information content (AvgIpc) is 2.37. The molecule has 4 heteroatoms. The van der Waals surface area contributed by atoms with Crippen LogP contribution in [0, 0.1) is 11.8 Å². The molecule has 1 aliphatic carbocycles. The van der Waals surface area contributed by atoms with Crippen LogP contribution < -0.4 is 0 Å². The van der Waals surface area contributed by atoms with Crippen molar-refractivity contribution in [3.63, 3.8) is 0 Å². The Morgan fingerprint density at radius 1 is 1.50 bits per heavy atom. The Hall–Kier alpha value is -1.06. The number of hydrogen-bond acceptors (Lipinski definition) is 2. The standard InChI is InChI=1S/C8H11NO3/c1-4(10)9-3-5-2-6(9)7(5)8(11)12/h5-7H,2-3H2,1H3,(H,11,12)/t5-,6-,7+/m0/s1. The predicted molar refractivity (Wildman–Crippen MR) is 40.4 cm³/mol. The summed E-state index contributed by atoms with van der Waals surface area (Å²) in [6.07, 6.45) is 0.885. The van der Waals surface area contributed by atoms with Gasteiger partial charge in [-0.2, -0.15) is 0 Å². The van der Waals surface area contributed by atoms with Crippen molar-refractivity contribution in [3.05, 3.63) is 0 Å². The third kappa shape index (κ3) is 0.777. The number of fused-ring (bicyclic) bond motifs is 1. The van der Waals surface area contributed by atoms with E-state index >= 15 is 0 Å². The van der Waals surface area contributed by atoms with Gasteiger partial charge in [-0.15, -0.1) is 0 Å². The Morgan fingerprint density at radius 2 is 2.17 bits per heavy atom. The topological polar surface area (TPSA) is 57.6 Å². The molecule has 2 aliphatic heterocycles. The van der Waals surface area contributed by atoms with Crippen molar-refractivity contribution in [2.24, 2.45) is 11.8 Å². The maximum Gasteiger partial charge on any atom is 0.308 e. The molecule has 1 saturated carbocycles. The van der Waals surface area contributed by atoms with E-state index in [2.05, 4.69) is 0 Å². The molecule has 4 nitrogen and oxygen atoms in total. The van der Waals surface area contributed by atoms with Crippen LogP contribution in [-0.2, 0) is 9.59 Å². The first kappa shape index (κ1) is 7.58. The lowest BCUT2D eigenvalue weighted by Gasteiger charge is -2.32. The van der Waals surface area contributed by atoms with Crippen molar-refractivity contribution in [3.8, 4) is 0 Å². The van der Waals surface area contributed by atoms with Crippen LogP contribution in [0.4, 0.5) is 0 Å². The summed E-state index contributed by atoms with van der Waals surface area (Å²) in [5, 5.41) is 8.78. The molecule has 0 unspecified atom stereocenters. The van der Waals surface area contributed by atoms with Gasteiger partial charge in [0.25, 0.3) is 0 Å². The van der Waals surface area contributed by atoms with E-state index in [9.17, 15) is 9.59 Å². The summed E-state index contributed by atoms with van der Waals surface area (Å²) in [6, 6.07) is -0.00926. The van der Waals surface area contributed by atoms with Gasteiger partial charge in [-0.1, -0.05) is 0 Å². The summed E-state index contributed by atoms with van der Waals surface area (Å²) < 4.78 is 0. The molecule has 1 amide bonds. The van der Waals surface area contributed by atoms with Gasteiger partial charge in [-0.05, 0) is 12.3 Å². The molecule has 3 rings (SSSR count). The van der Waals surface area contributed by atoms with Gasteiger partial charge in [0.15, 0.2) is 0 Å². The summed E-state index contributed by atoms with van der Waals surface area (Å²) >= 11 is 0. The molecule has 0 spiro atoms. The van der Waals surface area contributed by atoms with Crippen LogP contribution in [0.25, 0.3) is 0 Å². The fraction of sp³-hybridized carbons (Fsp3) is 0.750. The Morgan fingerprint density at radius 3 is 2.50 bits per heavy atom. The molecule has 66 valence electrons. The van der Waals surface area contributed by atoms with Crippen molar-refractivity contribution in [1.82, 2.24) is 4.90 Å². The fourth-order valence-electron chi connectivity index (χ4n) is 2.35. The maximum atomic E-state index is 11.0. The average molecular weight is 169 g/mol. The Labute approximate surface area is 70.2 Å². The highest BCUT2D eigenvalue weighted by Gasteiger charge is 2.56. The summed E-state index contributed by atoms with van der Waals surface area (Å²) in [7, 11) is 0. The van der Waals surface area contributed by atoms with Crippen LogP contribution in [0.5, 0.6) is 0 Å². The van der Waals surface area contributed by atoms with Gasteiger partial charge >= 0.3 is 5.97 Å². The second-order valence-corrected chi connectivity index (χ2v) is 3.60. The van der Waals surface area contributed by atoms with Crippen LogP contribution in [-0.4, -0.2) is 34.5 Å². The zero-order chi connectivity index (χ0) is 8.88. The third-order valence-electron chi connectivity index (χ3n) is 2.99. The number of rotatable bonds is 1. The normalized spacial score (nSPS) is 37.8. The van der Waals surface area contributed by atoms with E-state index in [0.29, 0.717) is 6.54 Å². The number of aliphatic carboxylic acids is 1. The molecular formula is C8H11NO3. The number of carbonyl (C=O) groups is 2. The van der Waals surface area contributed by atoms with Gasteiger partial charge in [0, 0.05) is 19.5 Å². The molecule has 0 radical (unpaired) electrons. The number of carbonyl (C=O) groups excluding carboxylic acids is 1. The quantitative estimate of drug-likeness (QED) is 0.598. The van der Waals surface area contributed by atoms with Crippen molar-refractivity contribution >= 4 is 11.9 Å². The maximum absolute atomic E-state index is 11.0. The molecule has 2 heterocycles. The van der Waals surface area contributed by atoms with Crippen molar-refractivity contribution < 1.29 is 14.7 Å². The summed E-state index contributed by atoms with van der Waals surface area (Å²) in [6.45, 7) is 2.15. The summed E-state index contributed by atoms with van der Waals surface area (Å²) in [5.74, 6) is -0.809. The third-order valence-corrected chi connectivity index (χ3v) is 2.99. The first-order valence-electron chi connectivity index (χ1n) is 4.11. The van der Waals surface area contributed by atoms with E-state index in [4.69, 9.17) is 5.11 Å². The molecule has 2 bridgehead atoms. The highest BCUT2D eigenvalue weighted by Crippen LogP contribution is 2.46. The van der Waals surface area contributed by atoms with Crippen molar-refractivity contribution in [2.75, 3.05) is 6.54 Å². The Bertz CT molecular complexity index is 235. The molecule has 1 N–H and O–H groups in total. The monoisotopic (exact) mass is 169 g/mol. The summed E-state index contributed by atoms with van der Waals surface area (Å²) in [5.41, 5.74) is 0. The summed E-state index contributed by atoms with van der Waals surface area (Å²) in [4.78, 5) is 23.3.